The van der Waals surface area contributed by atoms with Gasteiger partial charge in [-0.15, -0.1) is 0 Å². The van der Waals surface area contributed by atoms with Crippen molar-refractivity contribution in [3.05, 3.63) is 35.5 Å². The fourth-order valence-electron chi connectivity index (χ4n) is 1.90. The number of rotatable bonds is 3. The third-order valence-corrected chi connectivity index (χ3v) is 3.10. The molecule has 2 aromatic rings. The molecule has 0 radical (unpaired) electrons. The summed E-state index contributed by atoms with van der Waals surface area (Å²) in [7, 11) is 1.65. The molecule has 102 valence electrons. The first-order valence-electron chi connectivity index (χ1n) is 6.30. The standard InChI is InChI=1S/C15H20N2O2/c1-15(2,3)10-5-6-13(18-4)12(7-10)14-8-11(9-16)17-19-14/h5-8H,9,16H2,1-4H3. The Balaban J connectivity index is 2.53. The lowest BCUT2D eigenvalue weighted by Crippen LogP contribution is -2.11. The molecule has 0 atom stereocenters. The molecular weight excluding hydrogens is 240 g/mol. The third-order valence-electron chi connectivity index (χ3n) is 3.10. The van der Waals surface area contributed by atoms with Crippen LogP contribution in [0.25, 0.3) is 11.3 Å². The predicted octanol–water partition coefficient (Wildman–Crippen LogP) is 3.11. The van der Waals surface area contributed by atoms with E-state index in [-0.39, 0.29) is 5.41 Å². The summed E-state index contributed by atoms with van der Waals surface area (Å²) in [5.41, 5.74) is 8.48. The Kier molecular flexibility index (Phi) is 3.62. The van der Waals surface area contributed by atoms with Gasteiger partial charge < -0.3 is 15.0 Å². The largest absolute Gasteiger partial charge is 0.496 e. The molecule has 0 saturated heterocycles. The van der Waals surface area contributed by atoms with Crippen molar-refractivity contribution in [1.29, 1.82) is 0 Å². The number of methoxy groups -OCH3 is 1. The first-order valence-corrected chi connectivity index (χ1v) is 6.30. The highest BCUT2D eigenvalue weighted by atomic mass is 16.5. The molecule has 0 aliphatic heterocycles. The van der Waals surface area contributed by atoms with Crippen LogP contribution in [0.15, 0.2) is 28.8 Å². The van der Waals surface area contributed by atoms with E-state index in [4.69, 9.17) is 15.0 Å². The Labute approximate surface area is 113 Å². The van der Waals surface area contributed by atoms with Crippen LogP contribution in [0.4, 0.5) is 0 Å². The van der Waals surface area contributed by atoms with Crippen molar-refractivity contribution < 1.29 is 9.26 Å². The maximum atomic E-state index is 5.56. The lowest BCUT2D eigenvalue weighted by molar-refractivity contribution is 0.403. The summed E-state index contributed by atoms with van der Waals surface area (Å²) in [6.07, 6.45) is 0. The van der Waals surface area contributed by atoms with Gasteiger partial charge in [0.05, 0.1) is 18.4 Å². The van der Waals surface area contributed by atoms with Gasteiger partial charge in [-0.3, -0.25) is 0 Å². The maximum absolute atomic E-state index is 5.56. The molecule has 4 nitrogen and oxygen atoms in total. The second-order valence-electron chi connectivity index (χ2n) is 5.55. The monoisotopic (exact) mass is 260 g/mol. The fourth-order valence-corrected chi connectivity index (χ4v) is 1.90. The minimum absolute atomic E-state index is 0.0672. The van der Waals surface area contributed by atoms with Crippen molar-refractivity contribution in [1.82, 2.24) is 5.16 Å². The zero-order valence-corrected chi connectivity index (χ0v) is 11.9. The van der Waals surface area contributed by atoms with Crippen LogP contribution in [0.3, 0.4) is 0 Å². The lowest BCUT2D eigenvalue weighted by Gasteiger charge is -2.20. The zero-order valence-electron chi connectivity index (χ0n) is 11.9. The van der Waals surface area contributed by atoms with Gasteiger partial charge in [0.25, 0.3) is 0 Å². The quantitative estimate of drug-likeness (QED) is 0.921. The molecule has 1 heterocycles. The van der Waals surface area contributed by atoms with Crippen LogP contribution in [-0.4, -0.2) is 12.3 Å². The van der Waals surface area contributed by atoms with E-state index in [9.17, 15) is 0 Å². The molecule has 4 heteroatoms. The van der Waals surface area contributed by atoms with Crippen LogP contribution in [0, 0.1) is 0 Å². The summed E-state index contributed by atoms with van der Waals surface area (Å²) in [5, 5.41) is 3.92. The van der Waals surface area contributed by atoms with Crippen molar-refractivity contribution in [3.8, 4) is 17.1 Å². The highest BCUT2D eigenvalue weighted by Gasteiger charge is 2.18. The van der Waals surface area contributed by atoms with Crippen molar-refractivity contribution in [2.45, 2.75) is 32.7 Å². The summed E-state index contributed by atoms with van der Waals surface area (Å²) in [6, 6.07) is 7.97. The number of hydrogen-bond acceptors (Lipinski definition) is 4. The second-order valence-corrected chi connectivity index (χ2v) is 5.55. The Morgan fingerprint density at radius 1 is 1.26 bits per heavy atom. The molecule has 0 bridgehead atoms. The number of aromatic nitrogens is 1. The SMILES string of the molecule is COc1ccc(C(C)(C)C)cc1-c1cc(CN)no1. The van der Waals surface area contributed by atoms with Gasteiger partial charge in [0.1, 0.15) is 5.75 Å². The van der Waals surface area contributed by atoms with Crippen LogP contribution in [0.1, 0.15) is 32.0 Å². The molecular formula is C15H20N2O2. The topological polar surface area (TPSA) is 61.3 Å². The van der Waals surface area contributed by atoms with Gasteiger partial charge in [-0.2, -0.15) is 0 Å². The summed E-state index contributed by atoms with van der Waals surface area (Å²) in [4.78, 5) is 0. The van der Waals surface area contributed by atoms with Crippen molar-refractivity contribution in [3.63, 3.8) is 0 Å². The van der Waals surface area contributed by atoms with Crippen LogP contribution in [0.5, 0.6) is 5.75 Å². The Morgan fingerprint density at radius 3 is 2.53 bits per heavy atom. The van der Waals surface area contributed by atoms with Crippen molar-refractivity contribution in [2.24, 2.45) is 5.73 Å². The van der Waals surface area contributed by atoms with E-state index in [1.165, 1.54) is 5.56 Å². The minimum atomic E-state index is 0.0672. The van der Waals surface area contributed by atoms with Gasteiger partial charge >= 0.3 is 0 Å². The number of nitrogens with two attached hydrogens (primary N) is 1. The maximum Gasteiger partial charge on any atom is 0.170 e. The molecule has 2 N–H and O–H groups in total. The number of ether oxygens (including phenoxy) is 1. The Morgan fingerprint density at radius 2 is 2.00 bits per heavy atom. The minimum Gasteiger partial charge on any atom is -0.496 e. The summed E-state index contributed by atoms with van der Waals surface area (Å²) in [6.45, 7) is 6.88. The molecule has 0 fully saturated rings. The van der Waals surface area contributed by atoms with Crippen molar-refractivity contribution in [2.75, 3.05) is 7.11 Å². The average Bonchev–Trinajstić information content (AvgIpc) is 2.85. The molecule has 19 heavy (non-hydrogen) atoms. The van der Waals surface area contributed by atoms with Gasteiger partial charge in [0.2, 0.25) is 0 Å². The molecule has 0 aliphatic rings. The summed E-state index contributed by atoms with van der Waals surface area (Å²) in [5.74, 6) is 1.45. The average molecular weight is 260 g/mol. The zero-order chi connectivity index (χ0) is 14.0. The molecule has 1 aromatic heterocycles. The van der Waals surface area contributed by atoms with E-state index >= 15 is 0 Å². The fraction of sp³-hybridized carbons (Fsp3) is 0.400. The molecule has 0 spiro atoms. The van der Waals surface area contributed by atoms with Gasteiger partial charge in [0, 0.05) is 12.6 Å². The predicted molar refractivity (Wildman–Crippen MR) is 75.1 cm³/mol. The molecule has 0 unspecified atom stereocenters. The molecule has 0 aliphatic carbocycles. The van der Waals surface area contributed by atoms with E-state index in [0.717, 1.165) is 17.0 Å². The smallest absolute Gasteiger partial charge is 0.170 e. The van der Waals surface area contributed by atoms with Crippen LogP contribution in [-0.2, 0) is 12.0 Å². The van der Waals surface area contributed by atoms with Gasteiger partial charge in [-0.25, -0.2) is 0 Å². The normalized spacial score (nSPS) is 11.6. The number of benzene rings is 1. The van der Waals surface area contributed by atoms with E-state index in [0.29, 0.717) is 12.3 Å². The molecule has 0 amide bonds. The Bertz CT molecular complexity index is 568. The van der Waals surface area contributed by atoms with Gasteiger partial charge in [0.15, 0.2) is 5.76 Å². The Hall–Kier alpha value is -1.81. The molecule has 2 rings (SSSR count). The molecule has 1 aromatic carbocycles. The van der Waals surface area contributed by atoms with E-state index in [1.54, 1.807) is 7.11 Å². The van der Waals surface area contributed by atoms with Crippen molar-refractivity contribution >= 4 is 0 Å². The van der Waals surface area contributed by atoms with E-state index < -0.39 is 0 Å². The van der Waals surface area contributed by atoms with Gasteiger partial charge in [-0.05, 0) is 23.1 Å². The summed E-state index contributed by atoms with van der Waals surface area (Å²) < 4.78 is 10.7. The number of nitrogens with zero attached hydrogens (tertiary/aromatic N) is 1. The molecule has 0 saturated carbocycles. The van der Waals surface area contributed by atoms with E-state index in [2.05, 4.69) is 38.1 Å². The highest BCUT2D eigenvalue weighted by Crippen LogP contribution is 2.34. The summed E-state index contributed by atoms with van der Waals surface area (Å²) >= 11 is 0. The highest BCUT2D eigenvalue weighted by molar-refractivity contribution is 5.67. The van der Waals surface area contributed by atoms with E-state index in [1.807, 2.05) is 12.1 Å². The van der Waals surface area contributed by atoms with Crippen LogP contribution < -0.4 is 10.5 Å². The lowest BCUT2D eigenvalue weighted by atomic mass is 9.86. The number of hydrogen-bond donors (Lipinski definition) is 1. The third kappa shape index (κ3) is 2.79. The first kappa shape index (κ1) is 13.6. The van der Waals surface area contributed by atoms with Crippen LogP contribution >= 0.6 is 0 Å². The van der Waals surface area contributed by atoms with Crippen LogP contribution in [0.2, 0.25) is 0 Å². The van der Waals surface area contributed by atoms with Gasteiger partial charge in [-0.1, -0.05) is 32.0 Å². The first-order chi connectivity index (χ1) is 8.95. The second kappa shape index (κ2) is 5.05.